The first-order chi connectivity index (χ1) is 10.2. The zero-order valence-corrected chi connectivity index (χ0v) is 13.0. The molecule has 3 aliphatic carbocycles. The number of rotatable bonds is 1. The Morgan fingerprint density at radius 2 is 2.05 bits per heavy atom. The Morgan fingerprint density at radius 3 is 2.86 bits per heavy atom. The molecular weight excluding hydrogens is 284 g/mol. The molecule has 3 heteroatoms. The zero-order chi connectivity index (χ0) is 14.6. The number of hydrogen-bond acceptors (Lipinski definition) is 2. The topological polar surface area (TPSA) is 40.5 Å². The van der Waals surface area contributed by atoms with Crippen molar-refractivity contribution in [2.45, 2.75) is 50.5 Å². The fourth-order valence-corrected chi connectivity index (χ4v) is 6.12. The van der Waals surface area contributed by atoms with Crippen LogP contribution in [-0.4, -0.2) is 22.2 Å². The van der Waals surface area contributed by atoms with Gasteiger partial charge in [0.05, 0.1) is 6.10 Å². The molecule has 1 aromatic rings. The van der Waals surface area contributed by atoms with Gasteiger partial charge in [0.1, 0.15) is 5.75 Å². The number of phenols is 1. The summed E-state index contributed by atoms with van der Waals surface area (Å²) in [6, 6.07) is 5.90. The molecule has 0 spiro atoms. The number of fused-ring (bicyclic) bond motifs is 5. The number of aliphatic hydroxyl groups is 1. The van der Waals surface area contributed by atoms with Crippen LogP contribution in [0.25, 0.3) is 0 Å². The number of halogens is 1. The maximum Gasteiger partial charge on any atom is 0.115 e. The molecule has 0 heterocycles. The van der Waals surface area contributed by atoms with E-state index in [0.29, 0.717) is 29.4 Å². The monoisotopic (exact) mass is 306 g/mol. The van der Waals surface area contributed by atoms with Crippen LogP contribution in [0.5, 0.6) is 5.75 Å². The third-order valence-corrected chi connectivity index (χ3v) is 7.13. The Hall–Kier alpha value is -0.730. The summed E-state index contributed by atoms with van der Waals surface area (Å²) in [4.78, 5) is 0. The molecule has 0 amide bonds. The number of alkyl halides is 1. The van der Waals surface area contributed by atoms with Gasteiger partial charge in [0.15, 0.2) is 0 Å². The minimum absolute atomic E-state index is 0.0306. The van der Waals surface area contributed by atoms with Crippen molar-refractivity contribution in [2.75, 3.05) is 5.88 Å². The van der Waals surface area contributed by atoms with E-state index >= 15 is 0 Å². The molecule has 2 saturated carbocycles. The maximum absolute atomic E-state index is 10.5. The van der Waals surface area contributed by atoms with Crippen LogP contribution in [0.15, 0.2) is 18.2 Å². The Bertz CT molecular complexity index is 558. The van der Waals surface area contributed by atoms with Gasteiger partial charge in [-0.1, -0.05) is 6.07 Å². The first-order valence-electron chi connectivity index (χ1n) is 8.21. The highest BCUT2D eigenvalue weighted by Gasteiger charge is 2.56. The molecule has 4 rings (SSSR count). The van der Waals surface area contributed by atoms with E-state index < -0.39 is 0 Å². The molecular formula is C18H23ClO2. The molecule has 0 unspecified atom stereocenters. The molecule has 0 saturated heterocycles. The van der Waals surface area contributed by atoms with Gasteiger partial charge in [-0.15, -0.1) is 11.6 Å². The smallest absolute Gasteiger partial charge is 0.115 e. The number of benzene rings is 1. The standard InChI is InChI=1S/C18H23ClO2/c19-10-18-8-7-14-13-4-2-12(20)9-11(13)1-3-15(14)16(18)5-6-17(18)21/h2,4,9,14-17,20-21H,1,3,5-8,10H2/t14-,15-,16+,17+,18-/m1/s1. The summed E-state index contributed by atoms with van der Waals surface area (Å²) in [5.41, 5.74) is 2.73. The van der Waals surface area contributed by atoms with Crippen molar-refractivity contribution in [1.82, 2.24) is 0 Å². The molecule has 0 aliphatic heterocycles. The van der Waals surface area contributed by atoms with E-state index in [1.165, 1.54) is 17.5 Å². The van der Waals surface area contributed by atoms with Crippen LogP contribution in [0.4, 0.5) is 0 Å². The van der Waals surface area contributed by atoms with Gasteiger partial charge < -0.3 is 10.2 Å². The molecule has 0 radical (unpaired) electrons. The van der Waals surface area contributed by atoms with Crippen molar-refractivity contribution in [3.63, 3.8) is 0 Å². The summed E-state index contributed by atoms with van der Waals surface area (Å²) >= 11 is 6.33. The highest BCUT2D eigenvalue weighted by atomic mass is 35.5. The Labute approximate surface area is 131 Å². The van der Waals surface area contributed by atoms with E-state index in [0.717, 1.165) is 32.1 Å². The Balaban J connectivity index is 1.71. The van der Waals surface area contributed by atoms with Gasteiger partial charge in [-0.3, -0.25) is 0 Å². The second kappa shape index (κ2) is 4.89. The second-order valence-electron chi connectivity index (χ2n) is 7.30. The summed E-state index contributed by atoms with van der Waals surface area (Å²) in [6.45, 7) is 0. The van der Waals surface area contributed by atoms with Gasteiger partial charge in [0, 0.05) is 11.3 Å². The first kappa shape index (κ1) is 13.9. The third-order valence-electron chi connectivity index (χ3n) is 6.63. The van der Waals surface area contributed by atoms with E-state index in [4.69, 9.17) is 11.6 Å². The van der Waals surface area contributed by atoms with E-state index in [9.17, 15) is 10.2 Å². The average Bonchev–Trinajstić information content (AvgIpc) is 2.84. The molecule has 21 heavy (non-hydrogen) atoms. The number of aryl methyl sites for hydroxylation is 1. The molecule has 2 N–H and O–H groups in total. The molecule has 1 aromatic carbocycles. The van der Waals surface area contributed by atoms with Crippen LogP contribution >= 0.6 is 11.6 Å². The van der Waals surface area contributed by atoms with Crippen molar-refractivity contribution < 1.29 is 10.2 Å². The Morgan fingerprint density at radius 1 is 1.19 bits per heavy atom. The fourth-order valence-electron chi connectivity index (χ4n) is 5.61. The molecule has 114 valence electrons. The number of hydrogen-bond donors (Lipinski definition) is 2. The largest absolute Gasteiger partial charge is 0.508 e. The second-order valence-corrected chi connectivity index (χ2v) is 7.56. The van der Waals surface area contributed by atoms with Gasteiger partial charge in [0.25, 0.3) is 0 Å². The van der Waals surface area contributed by atoms with Crippen LogP contribution in [-0.2, 0) is 6.42 Å². The summed E-state index contributed by atoms with van der Waals surface area (Å²) in [5, 5.41) is 20.2. The van der Waals surface area contributed by atoms with Crippen LogP contribution in [0.3, 0.4) is 0 Å². The lowest BCUT2D eigenvalue weighted by atomic mass is 9.55. The van der Waals surface area contributed by atoms with Crippen molar-refractivity contribution in [3.8, 4) is 5.75 Å². The van der Waals surface area contributed by atoms with Gasteiger partial charge in [-0.2, -0.15) is 0 Å². The van der Waals surface area contributed by atoms with E-state index in [1.54, 1.807) is 0 Å². The van der Waals surface area contributed by atoms with Crippen LogP contribution in [0.2, 0.25) is 0 Å². The fraction of sp³-hybridized carbons (Fsp3) is 0.667. The summed E-state index contributed by atoms with van der Waals surface area (Å²) < 4.78 is 0. The predicted octanol–water partition coefficient (Wildman–Crippen LogP) is 3.83. The lowest BCUT2D eigenvalue weighted by molar-refractivity contribution is -0.0198. The molecule has 0 bridgehead atoms. The lowest BCUT2D eigenvalue weighted by Gasteiger charge is -2.50. The minimum Gasteiger partial charge on any atom is -0.508 e. The number of aliphatic hydroxyl groups excluding tert-OH is 1. The normalized spacial score (nSPS) is 41.2. The SMILES string of the molecule is Oc1ccc2c(c1)CC[C@@H]1[C@@H]2CC[C@]2(CCl)[C@@H](O)CC[C@@H]12. The van der Waals surface area contributed by atoms with E-state index in [1.807, 2.05) is 12.1 Å². The average molecular weight is 307 g/mol. The first-order valence-corrected chi connectivity index (χ1v) is 8.75. The Kier molecular flexibility index (Phi) is 3.24. The molecule has 0 aromatic heterocycles. The van der Waals surface area contributed by atoms with Gasteiger partial charge in [-0.25, -0.2) is 0 Å². The number of phenolic OH excluding ortho intramolecular Hbond substituents is 1. The van der Waals surface area contributed by atoms with E-state index in [2.05, 4.69) is 6.07 Å². The van der Waals surface area contributed by atoms with Gasteiger partial charge in [-0.05, 0) is 79.5 Å². The molecule has 2 nitrogen and oxygen atoms in total. The maximum atomic E-state index is 10.5. The quantitative estimate of drug-likeness (QED) is 0.774. The van der Waals surface area contributed by atoms with Crippen LogP contribution < -0.4 is 0 Å². The predicted molar refractivity (Wildman–Crippen MR) is 83.8 cm³/mol. The van der Waals surface area contributed by atoms with Crippen LogP contribution in [0, 0.1) is 17.3 Å². The molecule has 2 fully saturated rings. The molecule has 5 atom stereocenters. The van der Waals surface area contributed by atoms with Crippen molar-refractivity contribution in [3.05, 3.63) is 29.3 Å². The van der Waals surface area contributed by atoms with E-state index in [-0.39, 0.29) is 11.5 Å². The van der Waals surface area contributed by atoms with Crippen molar-refractivity contribution in [1.29, 1.82) is 0 Å². The van der Waals surface area contributed by atoms with Crippen molar-refractivity contribution in [2.24, 2.45) is 17.3 Å². The third kappa shape index (κ3) is 1.88. The minimum atomic E-state index is -0.206. The van der Waals surface area contributed by atoms with Gasteiger partial charge in [0.2, 0.25) is 0 Å². The number of aromatic hydroxyl groups is 1. The van der Waals surface area contributed by atoms with Gasteiger partial charge >= 0.3 is 0 Å². The zero-order valence-electron chi connectivity index (χ0n) is 12.3. The highest BCUT2D eigenvalue weighted by Crippen LogP contribution is 2.61. The highest BCUT2D eigenvalue weighted by molar-refractivity contribution is 6.18. The van der Waals surface area contributed by atoms with Crippen molar-refractivity contribution >= 4 is 11.6 Å². The lowest BCUT2D eigenvalue weighted by Crippen LogP contribution is -2.47. The summed E-state index contributed by atoms with van der Waals surface area (Å²) in [7, 11) is 0. The molecule has 3 aliphatic rings. The summed E-state index contributed by atoms with van der Waals surface area (Å²) in [5.74, 6) is 2.82. The van der Waals surface area contributed by atoms with Crippen LogP contribution in [0.1, 0.15) is 49.1 Å². The summed E-state index contributed by atoms with van der Waals surface area (Å²) in [6.07, 6.45) is 6.24.